The summed E-state index contributed by atoms with van der Waals surface area (Å²) in [7, 11) is 0. The molecule has 0 aromatic rings. The molecule has 1 N–H and O–H groups in total. The number of unbranched alkanes of at least 4 members (excludes halogenated alkanes) is 4. The predicted octanol–water partition coefficient (Wildman–Crippen LogP) is 3.34. The predicted molar refractivity (Wildman–Crippen MR) is 81.3 cm³/mol. The van der Waals surface area contributed by atoms with E-state index in [0.29, 0.717) is 11.9 Å². The van der Waals surface area contributed by atoms with Crippen molar-refractivity contribution in [2.24, 2.45) is 0 Å². The molecule has 19 heavy (non-hydrogen) atoms. The average molecular weight is 268 g/mol. The Labute approximate surface area is 119 Å². The first-order chi connectivity index (χ1) is 9.27. The highest BCUT2D eigenvalue weighted by atomic mass is 16.2. The van der Waals surface area contributed by atoms with Gasteiger partial charge in [0.15, 0.2) is 0 Å². The number of rotatable bonds is 9. The van der Waals surface area contributed by atoms with Crippen LogP contribution < -0.4 is 5.32 Å². The van der Waals surface area contributed by atoms with Crippen LogP contribution in [0, 0.1) is 0 Å². The molecule has 3 nitrogen and oxygen atoms in total. The van der Waals surface area contributed by atoms with Crippen LogP contribution in [-0.2, 0) is 4.79 Å². The maximum atomic E-state index is 12.2. The number of hydrogen-bond acceptors (Lipinski definition) is 2. The molecule has 1 amide bonds. The first-order valence-corrected chi connectivity index (χ1v) is 8.29. The number of carbonyl (C=O) groups is 1. The van der Waals surface area contributed by atoms with Gasteiger partial charge in [0.2, 0.25) is 5.91 Å². The quantitative estimate of drug-likeness (QED) is 0.651. The molecule has 1 saturated heterocycles. The van der Waals surface area contributed by atoms with Crippen molar-refractivity contribution in [1.82, 2.24) is 10.2 Å². The number of hydrogen-bond donors (Lipinski definition) is 1. The van der Waals surface area contributed by atoms with Gasteiger partial charge in [0.25, 0.3) is 0 Å². The van der Waals surface area contributed by atoms with Crippen molar-refractivity contribution in [3.63, 3.8) is 0 Å². The topological polar surface area (TPSA) is 32.3 Å². The molecule has 1 rings (SSSR count). The number of nitrogens with zero attached hydrogens (tertiary/aromatic N) is 1. The van der Waals surface area contributed by atoms with Crippen molar-refractivity contribution in [3.8, 4) is 0 Å². The fraction of sp³-hybridized carbons (Fsp3) is 0.938. The van der Waals surface area contributed by atoms with Crippen LogP contribution in [-0.4, -0.2) is 36.5 Å². The van der Waals surface area contributed by atoms with Gasteiger partial charge < -0.3 is 10.2 Å². The molecule has 0 saturated carbocycles. The summed E-state index contributed by atoms with van der Waals surface area (Å²) in [6.07, 6.45) is 10.7. The van der Waals surface area contributed by atoms with Crippen LogP contribution in [0.4, 0.5) is 0 Å². The lowest BCUT2D eigenvalue weighted by atomic mass is 10.0. The largest absolute Gasteiger partial charge is 0.341 e. The third kappa shape index (κ3) is 6.95. The summed E-state index contributed by atoms with van der Waals surface area (Å²) in [5.74, 6) is 0.353. The van der Waals surface area contributed by atoms with E-state index >= 15 is 0 Å². The fourth-order valence-electron chi connectivity index (χ4n) is 2.79. The molecule has 1 aliphatic rings. The lowest BCUT2D eigenvalue weighted by Gasteiger charge is -2.30. The third-order valence-electron chi connectivity index (χ3n) is 4.08. The molecule has 0 bridgehead atoms. The summed E-state index contributed by atoms with van der Waals surface area (Å²) >= 11 is 0. The van der Waals surface area contributed by atoms with Crippen molar-refractivity contribution < 1.29 is 4.79 Å². The number of likely N-dealkylation sites (N-methyl/N-ethyl adjacent to an activating group) is 1. The molecule has 1 atom stereocenters. The molecule has 112 valence electrons. The summed E-state index contributed by atoms with van der Waals surface area (Å²) in [6, 6.07) is 0.526. The van der Waals surface area contributed by atoms with Crippen molar-refractivity contribution in [3.05, 3.63) is 0 Å². The van der Waals surface area contributed by atoms with E-state index in [9.17, 15) is 4.79 Å². The third-order valence-corrected chi connectivity index (χ3v) is 4.08. The van der Waals surface area contributed by atoms with Gasteiger partial charge in [0.1, 0.15) is 0 Å². The molecule has 1 unspecified atom stereocenters. The first-order valence-electron chi connectivity index (χ1n) is 8.29. The summed E-state index contributed by atoms with van der Waals surface area (Å²) in [4.78, 5) is 14.2. The van der Waals surface area contributed by atoms with E-state index in [4.69, 9.17) is 0 Å². The van der Waals surface area contributed by atoms with Crippen molar-refractivity contribution >= 4 is 5.91 Å². The number of piperidine rings is 1. The van der Waals surface area contributed by atoms with Crippen LogP contribution in [0.2, 0.25) is 0 Å². The van der Waals surface area contributed by atoms with E-state index in [1.54, 1.807) is 0 Å². The van der Waals surface area contributed by atoms with Gasteiger partial charge in [0.05, 0.1) is 0 Å². The van der Waals surface area contributed by atoms with Gasteiger partial charge in [-0.25, -0.2) is 0 Å². The minimum absolute atomic E-state index is 0.353. The lowest BCUT2D eigenvalue weighted by molar-refractivity contribution is -0.131. The Balaban J connectivity index is 2.18. The Morgan fingerprint density at radius 2 is 1.95 bits per heavy atom. The summed E-state index contributed by atoms with van der Waals surface area (Å²) < 4.78 is 0. The first kappa shape index (κ1) is 16.5. The lowest BCUT2D eigenvalue weighted by Crippen LogP contribution is -2.45. The van der Waals surface area contributed by atoms with E-state index < -0.39 is 0 Å². The van der Waals surface area contributed by atoms with Crippen LogP contribution in [0.25, 0.3) is 0 Å². The second-order valence-electron chi connectivity index (χ2n) is 5.74. The molecular formula is C16H32N2O. The monoisotopic (exact) mass is 268 g/mol. The minimum atomic E-state index is 0.353. The molecule has 0 aromatic heterocycles. The zero-order valence-corrected chi connectivity index (χ0v) is 12.9. The van der Waals surface area contributed by atoms with Crippen LogP contribution in [0.15, 0.2) is 0 Å². The Hall–Kier alpha value is -0.570. The molecule has 3 heteroatoms. The smallest absolute Gasteiger partial charge is 0.222 e. The number of nitrogens with one attached hydrogen (secondary N) is 1. The molecule has 0 spiro atoms. The average Bonchev–Trinajstić information content (AvgIpc) is 2.45. The van der Waals surface area contributed by atoms with Crippen molar-refractivity contribution in [2.45, 2.75) is 77.7 Å². The van der Waals surface area contributed by atoms with Gasteiger partial charge in [-0.05, 0) is 32.7 Å². The maximum absolute atomic E-state index is 12.2. The standard InChI is InChI=1S/C16H32N2O/c1-3-5-6-7-8-12-16(19)18(4-2)14-15-11-9-10-13-17-15/h15,17H,3-14H2,1-2H3. The normalized spacial score (nSPS) is 19.4. The van der Waals surface area contributed by atoms with Gasteiger partial charge in [-0.15, -0.1) is 0 Å². The van der Waals surface area contributed by atoms with Gasteiger partial charge in [0, 0.05) is 25.6 Å². The van der Waals surface area contributed by atoms with Crippen LogP contribution >= 0.6 is 0 Å². The van der Waals surface area contributed by atoms with E-state index in [-0.39, 0.29) is 0 Å². The maximum Gasteiger partial charge on any atom is 0.222 e. The van der Waals surface area contributed by atoms with Gasteiger partial charge in [-0.2, -0.15) is 0 Å². The molecule has 0 radical (unpaired) electrons. The molecular weight excluding hydrogens is 236 g/mol. The highest BCUT2D eigenvalue weighted by Crippen LogP contribution is 2.11. The zero-order valence-electron chi connectivity index (χ0n) is 12.9. The van der Waals surface area contributed by atoms with Crippen LogP contribution in [0.3, 0.4) is 0 Å². The second kappa shape index (κ2) is 10.2. The van der Waals surface area contributed by atoms with Gasteiger partial charge in [-0.3, -0.25) is 4.79 Å². The highest BCUT2D eigenvalue weighted by molar-refractivity contribution is 5.76. The van der Waals surface area contributed by atoms with Gasteiger partial charge >= 0.3 is 0 Å². The summed E-state index contributed by atoms with van der Waals surface area (Å²) in [6.45, 7) is 7.20. The van der Waals surface area contributed by atoms with E-state index in [0.717, 1.165) is 32.5 Å². The van der Waals surface area contributed by atoms with Gasteiger partial charge in [-0.1, -0.05) is 39.0 Å². The molecule has 1 aliphatic heterocycles. The zero-order chi connectivity index (χ0) is 13.9. The molecule has 1 fully saturated rings. The molecule has 1 heterocycles. The Morgan fingerprint density at radius 3 is 2.58 bits per heavy atom. The van der Waals surface area contributed by atoms with Crippen LogP contribution in [0.5, 0.6) is 0 Å². The summed E-state index contributed by atoms with van der Waals surface area (Å²) in [5.41, 5.74) is 0. The highest BCUT2D eigenvalue weighted by Gasteiger charge is 2.18. The van der Waals surface area contributed by atoms with E-state index in [2.05, 4.69) is 19.2 Å². The van der Waals surface area contributed by atoms with E-state index in [1.165, 1.54) is 44.9 Å². The Morgan fingerprint density at radius 1 is 1.16 bits per heavy atom. The minimum Gasteiger partial charge on any atom is -0.341 e. The summed E-state index contributed by atoms with van der Waals surface area (Å²) in [5, 5.41) is 3.53. The van der Waals surface area contributed by atoms with Crippen molar-refractivity contribution in [2.75, 3.05) is 19.6 Å². The Bertz CT molecular complexity index is 237. The number of carbonyl (C=O) groups excluding carboxylic acids is 1. The second-order valence-corrected chi connectivity index (χ2v) is 5.74. The SMILES string of the molecule is CCCCCCCC(=O)N(CC)CC1CCCCN1. The van der Waals surface area contributed by atoms with Crippen molar-refractivity contribution in [1.29, 1.82) is 0 Å². The number of amides is 1. The molecule has 0 aliphatic carbocycles. The Kier molecular flexibility index (Phi) is 8.89. The molecule has 0 aromatic carbocycles. The van der Waals surface area contributed by atoms with E-state index in [1.807, 2.05) is 4.90 Å². The fourth-order valence-corrected chi connectivity index (χ4v) is 2.79. The van der Waals surface area contributed by atoms with Crippen LogP contribution in [0.1, 0.15) is 71.6 Å².